The zero-order chi connectivity index (χ0) is 25.2. The highest BCUT2D eigenvalue weighted by Gasteiger charge is 2.43. The van der Waals surface area contributed by atoms with E-state index in [-0.39, 0.29) is 12.1 Å². The SMILES string of the molecule is COc1ccc(-n2c(C)ccc2[C@H]2[C@H](c3ccccn3)NC(=S)N2c2ccc(OC)cc2OC)cc1. The molecule has 4 aromatic rings. The number of aromatic nitrogens is 2. The van der Waals surface area contributed by atoms with Gasteiger partial charge < -0.3 is 29.0 Å². The maximum atomic E-state index is 5.92. The molecule has 0 amide bonds. The van der Waals surface area contributed by atoms with Crippen molar-refractivity contribution in [2.75, 3.05) is 26.2 Å². The lowest BCUT2D eigenvalue weighted by molar-refractivity contribution is 0.394. The molecule has 2 atom stereocenters. The van der Waals surface area contributed by atoms with Gasteiger partial charge in [0.05, 0.1) is 38.8 Å². The van der Waals surface area contributed by atoms with Gasteiger partial charge in [0.1, 0.15) is 23.3 Å². The Hall–Kier alpha value is -4.04. The Morgan fingerprint density at radius 2 is 1.61 bits per heavy atom. The second kappa shape index (κ2) is 9.91. The van der Waals surface area contributed by atoms with E-state index in [1.54, 1.807) is 21.3 Å². The molecule has 1 N–H and O–H groups in total. The molecule has 2 aromatic carbocycles. The van der Waals surface area contributed by atoms with Gasteiger partial charge in [0.15, 0.2) is 5.11 Å². The van der Waals surface area contributed by atoms with Crippen molar-refractivity contribution in [3.05, 3.63) is 96.1 Å². The molecule has 0 aliphatic carbocycles. The summed E-state index contributed by atoms with van der Waals surface area (Å²) in [6, 6.07) is 23.6. The van der Waals surface area contributed by atoms with Crippen molar-refractivity contribution >= 4 is 23.0 Å². The predicted molar refractivity (Wildman–Crippen MR) is 145 cm³/mol. The molecule has 5 rings (SSSR count). The Labute approximate surface area is 216 Å². The summed E-state index contributed by atoms with van der Waals surface area (Å²) in [7, 11) is 4.96. The van der Waals surface area contributed by atoms with Crippen LogP contribution in [0.3, 0.4) is 0 Å². The van der Waals surface area contributed by atoms with Crippen molar-refractivity contribution in [2.45, 2.75) is 19.0 Å². The van der Waals surface area contributed by atoms with Crippen molar-refractivity contribution < 1.29 is 14.2 Å². The highest BCUT2D eigenvalue weighted by molar-refractivity contribution is 7.80. The molecule has 1 fully saturated rings. The van der Waals surface area contributed by atoms with Gasteiger partial charge in [-0.25, -0.2) is 0 Å². The second-order valence-corrected chi connectivity index (χ2v) is 8.85. The molecule has 0 radical (unpaired) electrons. The molecule has 0 saturated carbocycles. The maximum absolute atomic E-state index is 5.92. The van der Waals surface area contributed by atoms with Crippen LogP contribution in [-0.2, 0) is 0 Å². The molecule has 8 heteroatoms. The number of hydrogen-bond donors (Lipinski definition) is 1. The van der Waals surface area contributed by atoms with Crippen LogP contribution >= 0.6 is 12.2 Å². The van der Waals surface area contributed by atoms with Gasteiger partial charge in [-0.2, -0.15) is 0 Å². The van der Waals surface area contributed by atoms with Crippen LogP contribution in [0.25, 0.3) is 5.69 Å². The van der Waals surface area contributed by atoms with E-state index in [0.717, 1.165) is 34.2 Å². The lowest BCUT2D eigenvalue weighted by atomic mass is 10.0. The largest absolute Gasteiger partial charge is 0.497 e. The highest BCUT2D eigenvalue weighted by atomic mass is 32.1. The fraction of sp³-hybridized carbons (Fsp3) is 0.214. The van der Waals surface area contributed by atoms with Crippen LogP contribution in [-0.4, -0.2) is 36.0 Å². The van der Waals surface area contributed by atoms with Crippen LogP contribution in [0.1, 0.15) is 29.2 Å². The van der Waals surface area contributed by atoms with Crippen LogP contribution in [0, 0.1) is 6.92 Å². The number of aryl methyl sites for hydroxylation is 1. The Kier molecular flexibility index (Phi) is 6.52. The van der Waals surface area contributed by atoms with E-state index in [9.17, 15) is 0 Å². The fourth-order valence-electron chi connectivity index (χ4n) is 4.77. The molecule has 1 aliphatic heterocycles. The summed E-state index contributed by atoms with van der Waals surface area (Å²) in [5.74, 6) is 2.19. The molecule has 0 spiro atoms. The van der Waals surface area contributed by atoms with Crippen molar-refractivity contribution in [3.8, 4) is 22.9 Å². The van der Waals surface area contributed by atoms with Crippen LogP contribution in [0.4, 0.5) is 5.69 Å². The molecule has 2 aromatic heterocycles. The summed E-state index contributed by atoms with van der Waals surface area (Å²) in [5, 5.41) is 4.12. The topological polar surface area (TPSA) is 60.8 Å². The van der Waals surface area contributed by atoms with Crippen molar-refractivity contribution in [3.63, 3.8) is 0 Å². The van der Waals surface area contributed by atoms with E-state index in [0.29, 0.717) is 16.6 Å². The average Bonchev–Trinajstić information content (AvgIpc) is 3.47. The third-order valence-electron chi connectivity index (χ3n) is 6.48. The first-order valence-corrected chi connectivity index (χ1v) is 12.0. The van der Waals surface area contributed by atoms with Crippen molar-refractivity contribution in [2.24, 2.45) is 0 Å². The van der Waals surface area contributed by atoms with Gasteiger partial charge in [0, 0.05) is 29.3 Å². The molecular formula is C28H28N4O3S. The first-order valence-electron chi connectivity index (χ1n) is 11.6. The van der Waals surface area contributed by atoms with E-state index in [4.69, 9.17) is 26.4 Å². The molecule has 1 saturated heterocycles. The zero-order valence-electron chi connectivity index (χ0n) is 20.6. The number of ether oxygens (including phenoxy) is 3. The van der Waals surface area contributed by atoms with Crippen molar-refractivity contribution in [1.29, 1.82) is 0 Å². The Morgan fingerprint density at radius 3 is 2.28 bits per heavy atom. The minimum atomic E-state index is -0.203. The van der Waals surface area contributed by atoms with E-state index in [1.165, 1.54) is 0 Å². The number of nitrogens with zero attached hydrogens (tertiary/aromatic N) is 3. The molecule has 0 bridgehead atoms. The first-order chi connectivity index (χ1) is 17.5. The van der Waals surface area contributed by atoms with Crippen LogP contribution in [0.15, 0.2) is 79.0 Å². The van der Waals surface area contributed by atoms with Gasteiger partial charge in [0.25, 0.3) is 0 Å². The second-order valence-electron chi connectivity index (χ2n) is 8.47. The molecule has 184 valence electrons. The van der Waals surface area contributed by atoms with Gasteiger partial charge >= 0.3 is 0 Å². The molecule has 1 aliphatic rings. The summed E-state index contributed by atoms with van der Waals surface area (Å²) in [6.07, 6.45) is 1.81. The highest BCUT2D eigenvalue weighted by Crippen LogP contribution is 2.46. The number of benzene rings is 2. The smallest absolute Gasteiger partial charge is 0.174 e. The lowest BCUT2D eigenvalue weighted by Gasteiger charge is -2.30. The van der Waals surface area contributed by atoms with Gasteiger partial charge in [-0.3, -0.25) is 4.98 Å². The Balaban J connectivity index is 1.70. The van der Waals surface area contributed by atoms with E-state index >= 15 is 0 Å². The number of methoxy groups -OCH3 is 3. The van der Waals surface area contributed by atoms with Crippen LogP contribution in [0.2, 0.25) is 0 Å². The molecule has 3 heterocycles. The molecule has 36 heavy (non-hydrogen) atoms. The lowest BCUT2D eigenvalue weighted by Crippen LogP contribution is -2.30. The zero-order valence-corrected chi connectivity index (χ0v) is 21.5. The van der Waals surface area contributed by atoms with E-state index in [2.05, 4.69) is 51.0 Å². The third-order valence-corrected chi connectivity index (χ3v) is 6.80. The van der Waals surface area contributed by atoms with E-state index < -0.39 is 0 Å². The van der Waals surface area contributed by atoms with Gasteiger partial charge in [-0.05, 0) is 79.8 Å². The molecule has 0 unspecified atom stereocenters. The average molecular weight is 501 g/mol. The maximum Gasteiger partial charge on any atom is 0.174 e. The van der Waals surface area contributed by atoms with Crippen molar-refractivity contribution in [1.82, 2.24) is 14.9 Å². The summed E-state index contributed by atoms with van der Waals surface area (Å²) in [4.78, 5) is 6.79. The van der Waals surface area contributed by atoms with Crippen LogP contribution < -0.4 is 24.4 Å². The van der Waals surface area contributed by atoms with Crippen LogP contribution in [0.5, 0.6) is 17.2 Å². The summed E-state index contributed by atoms with van der Waals surface area (Å²) < 4.78 is 18.8. The number of pyridine rings is 1. The number of hydrogen-bond acceptors (Lipinski definition) is 5. The fourth-order valence-corrected chi connectivity index (χ4v) is 5.11. The predicted octanol–water partition coefficient (Wildman–Crippen LogP) is 5.38. The standard InChI is InChI=1S/C28H28N4O3S/c1-18-8-14-24(31(18)19-9-11-20(33-2)12-10-19)27-26(22-7-5-6-16-29-22)30-28(36)32(27)23-15-13-21(34-3)17-25(23)35-4/h5-17,26-27H,1-4H3,(H,30,36)/t26-,27-/m0/s1. The van der Waals surface area contributed by atoms with Gasteiger partial charge in [-0.15, -0.1) is 0 Å². The molecular weight excluding hydrogens is 472 g/mol. The Morgan fingerprint density at radius 1 is 0.861 bits per heavy atom. The quantitative estimate of drug-likeness (QED) is 0.342. The van der Waals surface area contributed by atoms with Gasteiger partial charge in [-0.1, -0.05) is 6.07 Å². The number of anilines is 1. The summed E-state index contributed by atoms with van der Waals surface area (Å²) >= 11 is 5.92. The monoisotopic (exact) mass is 500 g/mol. The Bertz CT molecular complexity index is 1370. The number of nitrogens with one attached hydrogen (secondary N) is 1. The summed E-state index contributed by atoms with van der Waals surface area (Å²) in [5.41, 5.74) is 4.96. The molecule has 7 nitrogen and oxygen atoms in total. The first kappa shape index (κ1) is 23.7. The minimum absolute atomic E-state index is 0.184. The third kappa shape index (κ3) is 4.13. The van der Waals surface area contributed by atoms with Gasteiger partial charge in [0.2, 0.25) is 0 Å². The summed E-state index contributed by atoms with van der Waals surface area (Å²) in [6.45, 7) is 2.10. The number of thiocarbonyl (C=S) groups is 1. The number of rotatable bonds is 7. The minimum Gasteiger partial charge on any atom is -0.497 e. The normalized spacial score (nSPS) is 17.1. The van der Waals surface area contributed by atoms with E-state index in [1.807, 2.05) is 54.7 Å².